The third-order valence-corrected chi connectivity index (χ3v) is 8.31. The van der Waals surface area contributed by atoms with E-state index in [1.165, 1.54) is 135 Å². The number of esters is 2. The van der Waals surface area contributed by atoms with Crippen LogP contribution in [0.15, 0.2) is 12.2 Å². The van der Waals surface area contributed by atoms with Gasteiger partial charge in [0, 0.05) is 12.8 Å². The van der Waals surface area contributed by atoms with E-state index in [-0.39, 0.29) is 25.2 Å². The number of rotatable bonds is 34. The Morgan fingerprint density at radius 3 is 1.26 bits per heavy atom. The zero-order valence-corrected chi connectivity index (χ0v) is 28.7. The monoisotopic (exact) mass is 609 g/mol. The summed E-state index contributed by atoms with van der Waals surface area (Å²) in [5, 5.41) is 9.52. The summed E-state index contributed by atoms with van der Waals surface area (Å²) in [5.74, 6) is -0.588. The van der Waals surface area contributed by atoms with E-state index in [0.29, 0.717) is 12.8 Å². The van der Waals surface area contributed by atoms with Crippen molar-refractivity contribution >= 4 is 11.9 Å². The van der Waals surface area contributed by atoms with E-state index < -0.39 is 6.10 Å². The molecule has 5 nitrogen and oxygen atoms in total. The van der Waals surface area contributed by atoms with Gasteiger partial charge in [0.1, 0.15) is 6.61 Å². The molecule has 5 heteroatoms. The van der Waals surface area contributed by atoms with Crippen LogP contribution in [0.4, 0.5) is 0 Å². The third kappa shape index (κ3) is 33.4. The first-order valence-electron chi connectivity index (χ1n) is 18.7. The Morgan fingerprint density at radius 1 is 0.512 bits per heavy atom. The number of aliphatic hydroxyl groups is 1. The highest BCUT2D eigenvalue weighted by Gasteiger charge is 2.16. The molecule has 0 unspecified atom stereocenters. The van der Waals surface area contributed by atoms with Gasteiger partial charge in [-0.15, -0.1) is 0 Å². The predicted molar refractivity (Wildman–Crippen MR) is 182 cm³/mol. The maximum absolute atomic E-state index is 12.1. The summed E-state index contributed by atoms with van der Waals surface area (Å²) in [7, 11) is 0. The molecule has 254 valence electrons. The number of hydrogen-bond acceptors (Lipinski definition) is 5. The van der Waals surface area contributed by atoms with Crippen LogP contribution in [0.3, 0.4) is 0 Å². The molecule has 43 heavy (non-hydrogen) atoms. The molecule has 0 spiro atoms. The van der Waals surface area contributed by atoms with Gasteiger partial charge in [-0.1, -0.05) is 161 Å². The van der Waals surface area contributed by atoms with Gasteiger partial charge in [0.25, 0.3) is 0 Å². The molecule has 0 aliphatic heterocycles. The number of carbonyl (C=O) groups excluding carboxylic acids is 2. The van der Waals surface area contributed by atoms with Crippen molar-refractivity contribution in [3.8, 4) is 0 Å². The van der Waals surface area contributed by atoms with E-state index in [2.05, 4.69) is 26.0 Å². The number of carbonyl (C=O) groups is 2. The molecule has 0 amide bonds. The first-order chi connectivity index (χ1) is 21.1. The van der Waals surface area contributed by atoms with Crippen LogP contribution in [-0.2, 0) is 19.1 Å². The van der Waals surface area contributed by atoms with Crippen molar-refractivity contribution < 1.29 is 24.2 Å². The van der Waals surface area contributed by atoms with Crippen LogP contribution < -0.4 is 0 Å². The second-order valence-corrected chi connectivity index (χ2v) is 12.7. The van der Waals surface area contributed by atoms with E-state index in [0.717, 1.165) is 38.5 Å². The van der Waals surface area contributed by atoms with Crippen molar-refractivity contribution in [2.24, 2.45) is 0 Å². The largest absolute Gasteiger partial charge is 0.462 e. The van der Waals surface area contributed by atoms with Crippen molar-refractivity contribution in [1.29, 1.82) is 0 Å². The van der Waals surface area contributed by atoms with Crippen molar-refractivity contribution in [1.82, 2.24) is 0 Å². The minimum atomic E-state index is -0.765. The number of unbranched alkanes of at least 4 members (excludes halogenated alkanes) is 24. The molecule has 0 heterocycles. The summed E-state index contributed by atoms with van der Waals surface area (Å²) in [6.45, 7) is 4.13. The zero-order valence-electron chi connectivity index (χ0n) is 28.7. The van der Waals surface area contributed by atoms with Gasteiger partial charge in [0.05, 0.1) is 6.61 Å². The average Bonchev–Trinajstić information content (AvgIpc) is 3.01. The minimum Gasteiger partial charge on any atom is -0.462 e. The Morgan fingerprint density at radius 2 is 0.860 bits per heavy atom. The van der Waals surface area contributed by atoms with E-state index in [9.17, 15) is 14.7 Å². The highest BCUT2D eigenvalue weighted by atomic mass is 16.6. The molecule has 0 rings (SSSR count). The highest BCUT2D eigenvalue weighted by molar-refractivity contribution is 5.70. The first kappa shape index (κ1) is 41.6. The molecule has 0 aromatic heterocycles. The SMILES string of the molecule is CCCCCCCC/C=C\CCCCCCCCCC(=O)O[C@@H](CO)COC(=O)CCCCCCCCCCCCCC. The lowest BCUT2D eigenvalue weighted by atomic mass is 10.0. The summed E-state index contributed by atoms with van der Waals surface area (Å²) in [5.41, 5.74) is 0. The van der Waals surface area contributed by atoms with Gasteiger partial charge >= 0.3 is 11.9 Å². The fraction of sp³-hybridized carbons (Fsp3) is 0.895. The molecule has 0 fully saturated rings. The summed E-state index contributed by atoms with van der Waals surface area (Å²) in [4.78, 5) is 24.2. The van der Waals surface area contributed by atoms with Crippen LogP contribution in [0.5, 0.6) is 0 Å². The molecule has 0 aliphatic carbocycles. The maximum Gasteiger partial charge on any atom is 0.306 e. The second-order valence-electron chi connectivity index (χ2n) is 12.7. The fourth-order valence-electron chi connectivity index (χ4n) is 5.43. The Bertz CT molecular complexity index is 617. The summed E-state index contributed by atoms with van der Waals surface area (Å²) in [6, 6.07) is 0. The maximum atomic E-state index is 12.1. The smallest absolute Gasteiger partial charge is 0.306 e. The van der Waals surface area contributed by atoms with Gasteiger partial charge in [-0.3, -0.25) is 9.59 Å². The third-order valence-electron chi connectivity index (χ3n) is 8.31. The van der Waals surface area contributed by atoms with Gasteiger partial charge in [-0.05, 0) is 38.5 Å². The lowest BCUT2D eigenvalue weighted by Gasteiger charge is -2.15. The van der Waals surface area contributed by atoms with Crippen molar-refractivity contribution in [2.75, 3.05) is 13.2 Å². The Labute approximate surface area is 267 Å². The van der Waals surface area contributed by atoms with Crippen LogP contribution in [-0.4, -0.2) is 36.4 Å². The van der Waals surface area contributed by atoms with Gasteiger partial charge in [-0.25, -0.2) is 0 Å². The van der Waals surface area contributed by atoms with Gasteiger partial charge < -0.3 is 14.6 Å². The van der Waals surface area contributed by atoms with Crippen molar-refractivity contribution in [3.05, 3.63) is 12.2 Å². The Kier molecular flexibility index (Phi) is 34.0. The molecule has 0 bridgehead atoms. The van der Waals surface area contributed by atoms with Gasteiger partial charge in [-0.2, -0.15) is 0 Å². The van der Waals surface area contributed by atoms with E-state index in [1.54, 1.807) is 0 Å². The lowest BCUT2D eigenvalue weighted by molar-refractivity contribution is -0.161. The average molecular weight is 609 g/mol. The molecular weight excluding hydrogens is 536 g/mol. The van der Waals surface area contributed by atoms with Gasteiger partial charge in [0.2, 0.25) is 0 Å². The normalized spacial score (nSPS) is 12.2. The Balaban J connectivity index is 3.54. The Hall–Kier alpha value is -1.36. The molecule has 1 atom stereocenters. The molecule has 0 radical (unpaired) electrons. The fourth-order valence-corrected chi connectivity index (χ4v) is 5.43. The molecular formula is C38H72O5. The minimum absolute atomic E-state index is 0.0619. The topological polar surface area (TPSA) is 72.8 Å². The zero-order chi connectivity index (χ0) is 31.5. The summed E-state index contributed by atoms with van der Waals surface area (Å²) >= 11 is 0. The molecule has 0 aromatic rings. The highest BCUT2D eigenvalue weighted by Crippen LogP contribution is 2.14. The second kappa shape index (κ2) is 35.1. The number of allylic oxidation sites excluding steroid dienone is 2. The molecule has 1 N–H and O–H groups in total. The van der Waals surface area contributed by atoms with Crippen LogP contribution in [0.25, 0.3) is 0 Å². The standard InChI is InChI=1S/C38H72O5/c1-3-5-7-9-11-13-15-17-18-19-20-21-23-25-27-29-31-33-38(41)43-36(34-39)35-42-37(40)32-30-28-26-24-22-16-14-12-10-8-6-4-2/h17-18,36,39H,3-16,19-35H2,1-2H3/b18-17-/t36-/m0/s1. The summed E-state index contributed by atoms with van der Waals surface area (Å²) < 4.78 is 10.6. The molecule has 0 saturated heterocycles. The number of hydrogen-bond donors (Lipinski definition) is 1. The number of ether oxygens (including phenoxy) is 2. The van der Waals surface area contributed by atoms with Crippen LogP contribution in [0.2, 0.25) is 0 Å². The van der Waals surface area contributed by atoms with Crippen molar-refractivity contribution in [2.45, 2.75) is 206 Å². The molecule has 0 aromatic carbocycles. The lowest BCUT2D eigenvalue weighted by Crippen LogP contribution is -2.28. The predicted octanol–water partition coefficient (Wildman–Crippen LogP) is 11.3. The summed E-state index contributed by atoms with van der Waals surface area (Å²) in [6.07, 6.45) is 38.4. The van der Waals surface area contributed by atoms with E-state index >= 15 is 0 Å². The first-order valence-corrected chi connectivity index (χ1v) is 18.7. The van der Waals surface area contributed by atoms with Crippen LogP contribution >= 0.6 is 0 Å². The quantitative estimate of drug-likeness (QED) is 0.0447. The number of aliphatic hydroxyl groups excluding tert-OH is 1. The van der Waals surface area contributed by atoms with Gasteiger partial charge in [0.15, 0.2) is 6.10 Å². The van der Waals surface area contributed by atoms with Crippen molar-refractivity contribution in [3.63, 3.8) is 0 Å². The van der Waals surface area contributed by atoms with E-state index in [4.69, 9.17) is 9.47 Å². The van der Waals surface area contributed by atoms with E-state index in [1.807, 2.05) is 0 Å². The molecule has 0 saturated carbocycles. The molecule has 0 aliphatic rings. The van der Waals surface area contributed by atoms with Crippen LogP contribution in [0, 0.1) is 0 Å². The van der Waals surface area contributed by atoms with Crippen LogP contribution in [0.1, 0.15) is 200 Å².